The maximum absolute atomic E-state index is 12.9. The average Bonchev–Trinajstić information content (AvgIpc) is 3.00. The minimum Gasteiger partial charge on any atom is -0.504 e. The van der Waals surface area contributed by atoms with Gasteiger partial charge in [0, 0.05) is 18.9 Å². The van der Waals surface area contributed by atoms with Crippen LogP contribution in [0.4, 0.5) is 0 Å². The molecule has 44 heavy (non-hydrogen) atoms. The quantitative estimate of drug-likeness (QED) is 0.132. The van der Waals surface area contributed by atoms with Crippen molar-refractivity contribution in [3.05, 3.63) is 59.7 Å². The number of ether oxygens (including phenoxy) is 3. The predicted octanol–water partition coefficient (Wildman–Crippen LogP) is 1.14. The summed E-state index contributed by atoms with van der Waals surface area (Å²) >= 11 is 0. The summed E-state index contributed by atoms with van der Waals surface area (Å²) in [6, 6.07) is 8.47. The van der Waals surface area contributed by atoms with E-state index in [-0.39, 0.29) is 49.0 Å². The van der Waals surface area contributed by atoms with Crippen LogP contribution in [0, 0.1) is 5.92 Å². The molecule has 2 aromatic carbocycles. The largest absolute Gasteiger partial charge is 0.504 e. The molecule has 0 aromatic heterocycles. The molecule has 1 saturated heterocycles. The number of carboxylic acids is 1. The van der Waals surface area contributed by atoms with E-state index in [0.717, 1.165) is 6.08 Å². The molecular formula is C31H35NO12. The lowest BCUT2D eigenvalue weighted by molar-refractivity contribution is -0.250. The van der Waals surface area contributed by atoms with Gasteiger partial charge in [-0.15, -0.1) is 0 Å². The van der Waals surface area contributed by atoms with E-state index in [4.69, 9.17) is 19.9 Å². The number of carbonyl (C=O) groups excluding carboxylic acids is 2. The van der Waals surface area contributed by atoms with Crippen LogP contribution >= 0.6 is 0 Å². The topological polar surface area (TPSA) is 226 Å². The third-order valence-corrected chi connectivity index (χ3v) is 7.71. The normalized spacial score (nSPS) is 26.8. The highest BCUT2D eigenvalue weighted by Crippen LogP contribution is 2.45. The Balaban J connectivity index is 1.43. The predicted molar refractivity (Wildman–Crippen MR) is 155 cm³/mol. The van der Waals surface area contributed by atoms with Gasteiger partial charge in [0.1, 0.15) is 25.4 Å². The van der Waals surface area contributed by atoms with E-state index in [2.05, 4.69) is 0 Å². The van der Waals surface area contributed by atoms with Crippen LogP contribution in [-0.2, 0) is 23.9 Å². The lowest BCUT2D eigenvalue weighted by Gasteiger charge is -2.51. The smallest absolute Gasteiger partial charge is 0.336 e. The first-order valence-electron chi connectivity index (χ1n) is 13.9. The van der Waals surface area contributed by atoms with Gasteiger partial charge >= 0.3 is 5.97 Å². The summed E-state index contributed by atoms with van der Waals surface area (Å²) in [6.07, 6.45) is -0.616. The highest BCUT2D eigenvalue weighted by atomic mass is 16.5. The van der Waals surface area contributed by atoms with Crippen molar-refractivity contribution in [3.8, 4) is 23.0 Å². The Morgan fingerprint density at radius 1 is 0.955 bits per heavy atom. The van der Waals surface area contributed by atoms with Crippen molar-refractivity contribution >= 4 is 29.7 Å². The van der Waals surface area contributed by atoms with Gasteiger partial charge < -0.3 is 50.6 Å². The van der Waals surface area contributed by atoms with E-state index in [1.807, 2.05) is 0 Å². The van der Waals surface area contributed by atoms with Crippen LogP contribution in [0.2, 0.25) is 0 Å². The molecule has 0 bridgehead atoms. The fourth-order valence-corrected chi connectivity index (χ4v) is 5.45. The third-order valence-electron chi connectivity index (χ3n) is 7.71. The second-order valence-corrected chi connectivity index (χ2v) is 10.7. The number of aliphatic hydroxyl groups excluding tert-OH is 2. The summed E-state index contributed by atoms with van der Waals surface area (Å²) in [7, 11) is 0. The van der Waals surface area contributed by atoms with E-state index in [0.29, 0.717) is 11.1 Å². The van der Waals surface area contributed by atoms with Crippen molar-refractivity contribution in [2.24, 2.45) is 11.7 Å². The third kappa shape index (κ3) is 7.26. The van der Waals surface area contributed by atoms with Gasteiger partial charge in [0.15, 0.2) is 40.2 Å². The van der Waals surface area contributed by atoms with E-state index < -0.39 is 66.5 Å². The minimum absolute atomic E-state index is 0.0763. The Labute approximate surface area is 252 Å². The molecule has 236 valence electrons. The van der Waals surface area contributed by atoms with Crippen LogP contribution < -0.4 is 10.5 Å². The molecule has 6 atom stereocenters. The fourth-order valence-electron chi connectivity index (χ4n) is 5.45. The van der Waals surface area contributed by atoms with Gasteiger partial charge in [0.2, 0.25) is 0 Å². The summed E-state index contributed by atoms with van der Waals surface area (Å²) in [4.78, 5) is 38.1. The Morgan fingerprint density at radius 2 is 1.64 bits per heavy atom. The number of rotatable bonds is 12. The Morgan fingerprint density at radius 3 is 2.30 bits per heavy atom. The Bertz CT molecular complexity index is 1440. The molecule has 2 fully saturated rings. The van der Waals surface area contributed by atoms with Crippen LogP contribution in [0.1, 0.15) is 30.4 Å². The van der Waals surface area contributed by atoms with Crippen LogP contribution in [-0.4, -0.2) is 98.0 Å². The van der Waals surface area contributed by atoms with E-state index >= 15 is 0 Å². The Kier molecular flexibility index (Phi) is 10.4. The summed E-state index contributed by atoms with van der Waals surface area (Å²) in [5.41, 5.74) is 4.20. The summed E-state index contributed by atoms with van der Waals surface area (Å²) < 4.78 is 16.8. The highest BCUT2D eigenvalue weighted by Gasteiger charge is 2.60. The molecular weight excluding hydrogens is 578 g/mol. The SMILES string of the molecule is NCCOc1ccc(/C=C/C(=O)CO[C@@]2(C(=O)O)C[C@@H](O)[C@@H](O)[C@@H]3O[C@@H](C(=O)/C=C/c4ccc(O)c(O)c4)CC[C@H]32)cc1O. The molecule has 2 aliphatic rings. The number of nitrogens with two attached hydrogens (primary N) is 1. The molecule has 13 heteroatoms. The van der Waals surface area contributed by atoms with Gasteiger partial charge in [-0.3, -0.25) is 9.59 Å². The molecule has 0 spiro atoms. The molecule has 1 aliphatic heterocycles. The van der Waals surface area contributed by atoms with Crippen molar-refractivity contribution in [1.82, 2.24) is 0 Å². The van der Waals surface area contributed by atoms with Crippen LogP contribution in [0.5, 0.6) is 23.0 Å². The van der Waals surface area contributed by atoms with Crippen molar-refractivity contribution < 1.29 is 59.2 Å². The van der Waals surface area contributed by atoms with Gasteiger partial charge in [-0.2, -0.15) is 0 Å². The first kappa shape index (κ1) is 32.6. The van der Waals surface area contributed by atoms with Crippen molar-refractivity contribution in [1.29, 1.82) is 0 Å². The fraction of sp³-hybridized carbons (Fsp3) is 0.387. The number of aromatic hydroxyl groups is 3. The number of carbonyl (C=O) groups is 3. The van der Waals surface area contributed by atoms with E-state index in [1.54, 1.807) is 6.07 Å². The highest BCUT2D eigenvalue weighted by molar-refractivity contribution is 5.97. The second-order valence-electron chi connectivity index (χ2n) is 10.7. The number of hydrogen-bond donors (Lipinski definition) is 7. The maximum atomic E-state index is 12.9. The lowest BCUT2D eigenvalue weighted by Crippen LogP contribution is -2.66. The molecule has 1 saturated carbocycles. The monoisotopic (exact) mass is 613 g/mol. The van der Waals surface area contributed by atoms with Crippen LogP contribution in [0.25, 0.3) is 12.2 Å². The number of hydrogen-bond acceptors (Lipinski definition) is 12. The summed E-state index contributed by atoms with van der Waals surface area (Å²) in [5.74, 6) is -4.14. The first-order valence-corrected chi connectivity index (χ1v) is 13.9. The molecule has 2 aromatic rings. The van der Waals surface area contributed by atoms with Gasteiger partial charge in [0.05, 0.1) is 12.2 Å². The van der Waals surface area contributed by atoms with Gasteiger partial charge in [-0.1, -0.05) is 24.3 Å². The standard InChI is InChI=1S/C31H35NO12/c32-11-12-42-26-9-4-17(14-24(26)37)1-5-19(33)16-43-31(30(40)41)15-25(38)28(39)29-20(31)6-10-27(44-29)22(35)8-3-18-2-7-21(34)23(36)13-18/h1-5,7-9,13-14,20,25,27-29,34,36-39H,6,10-12,15-16,32H2,(H,40,41)/b5-1+,8-3+/t20-,25-,27-,28-,29-,31+/m1/s1. The van der Waals surface area contributed by atoms with E-state index in [9.17, 15) is 45.0 Å². The number of benzene rings is 2. The zero-order valence-electron chi connectivity index (χ0n) is 23.6. The minimum atomic E-state index is -2.08. The molecule has 1 heterocycles. The van der Waals surface area contributed by atoms with E-state index in [1.165, 1.54) is 48.6 Å². The second kappa shape index (κ2) is 14.0. The molecule has 1 aliphatic carbocycles. The van der Waals surface area contributed by atoms with Gasteiger partial charge in [-0.05, 0) is 60.4 Å². The number of fused-ring (bicyclic) bond motifs is 1. The molecule has 0 unspecified atom stereocenters. The van der Waals surface area contributed by atoms with Crippen molar-refractivity contribution in [2.75, 3.05) is 19.8 Å². The average molecular weight is 614 g/mol. The zero-order chi connectivity index (χ0) is 32.0. The number of ketones is 2. The van der Waals surface area contributed by atoms with Crippen LogP contribution in [0.15, 0.2) is 48.6 Å². The molecule has 8 N–H and O–H groups in total. The number of aliphatic hydroxyl groups is 2. The first-order chi connectivity index (χ1) is 20.9. The van der Waals surface area contributed by atoms with Gasteiger partial charge in [-0.25, -0.2) is 4.79 Å². The number of phenolic OH excluding ortho intramolecular Hbond substituents is 3. The Hall–Kier alpha value is -4.27. The molecule has 4 rings (SSSR count). The number of phenols is 3. The lowest BCUT2D eigenvalue weighted by atomic mass is 9.67. The van der Waals surface area contributed by atoms with Gasteiger partial charge in [0.25, 0.3) is 0 Å². The number of carboxylic acid groups (broad SMARTS) is 1. The molecule has 0 radical (unpaired) electrons. The summed E-state index contributed by atoms with van der Waals surface area (Å²) in [5, 5.41) is 60.7. The summed E-state index contributed by atoms with van der Waals surface area (Å²) in [6.45, 7) is -0.186. The molecule has 0 amide bonds. The molecule has 13 nitrogen and oxygen atoms in total. The van der Waals surface area contributed by atoms with Crippen LogP contribution in [0.3, 0.4) is 0 Å². The van der Waals surface area contributed by atoms with Crippen molar-refractivity contribution in [2.45, 2.75) is 49.3 Å². The maximum Gasteiger partial charge on any atom is 0.336 e. The van der Waals surface area contributed by atoms with Crippen molar-refractivity contribution in [3.63, 3.8) is 0 Å². The number of aliphatic carboxylic acids is 1. The zero-order valence-corrected chi connectivity index (χ0v) is 23.6.